The van der Waals surface area contributed by atoms with Gasteiger partial charge in [0, 0.05) is 26.6 Å². The third kappa shape index (κ3) is 8.25. The summed E-state index contributed by atoms with van der Waals surface area (Å²) in [4.78, 5) is 30.0. The molecule has 0 radical (unpaired) electrons. The predicted molar refractivity (Wildman–Crippen MR) is 174 cm³/mol. The van der Waals surface area contributed by atoms with Crippen molar-refractivity contribution in [3.05, 3.63) is 103 Å². The number of halogens is 3. The molecule has 0 saturated carbocycles. The van der Waals surface area contributed by atoms with Gasteiger partial charge in [-0.2, -0.15) is 0 Å². The normalized spacial score (nSPS) is 19.7. The lowest BCUT2D eigenvalue weighted by molar-refractivity contribution is -0.181. The van der Waals surface area contributed by atoms with Crippen molar-refractivity contribution in [2.45, 2.75) is 76.7 Å². The maximum absolute atomic E-state index is 14.4. The number of nitrogens with one attached hydrogen (secondary N) is 1. The number of morpholine rings is 1. The fraction of sp³-hybridized carbons (Fsp3) is 0.394. The van der Waals surface area contributed by atoms with Gasteiger partial charge in [0.25, 0.3) is 5.91 Å². The van der Waals surface area contributed by atoms with Crippen molar-refractivity contribution in [3.63, 3.8) is 0 Å². The Labute approximate surface area is 267 Å². The van der Waals surface area contributed by atoms with E-state index in [1.54, 1.807) is 4.90 Å². The summed E-state index contributed by atoms with van der Waals surface area (Å²) in [6.07, 6.45) is 3.43. The minimum atomic E-state index is -0.758. The number of benzene rings is 3. The lowest BCUT2D eigenvalue weighted by atomic mass is 9.88. The minimum absolute atomic E-state index is 0.125. The van der Waals surface area contributed by atoms with Crippen molar-refractivity contribution in [3.8, 4) is 0 Å². The number of rotatable bonds is 12. The summed E-state index contributed by atoms with van der Waals surface area (Å²) in [5, 5.41) is 4.34. The number of nitrogens with zero attached hydrogens (tertiary/aromatic N) is 1. The van der Waals surface area contributed by atoms with Crippen LogP contribution in [0.1, 0.15) is 74.8 Å². The summed E-state index contributed by atoms with van der Waals surface area (Å²) < 4.78 is 7.83. The summed E-state index contributed by atoms with van der Waals surface area (Å²) in [5.41, 5.74) is 2.74. The molecule has 41 heavy (non-hydrogen) atoms. The Balaban J connectivity index is 1.80. The van der Waals surface area contributed by atoms with E-state index in [1.807, 2.05) is 79.7 Å². The molecule has 2 amide bonds. The molecule has 1 N–H and O–H groups in total. The molecular formula is C33H37Cl2IN2O3. The largest absolute Gasteiger partial charge is 0.358 e. The van der Waals surface area contributed by atoms with Crippen LogP contribution in [-0.2, 0) is 20.7 Å². The minimum Gasteiger partial charge on any atom is -0.358 e. The summed E-state index contributed by atoms with van der Waals surface area (Å²) in [6, 6.07) is 21.9. The van der Waals surface area contributed by atoms with Crippen molar-refractivity contribution in [1.82, 2.24) is 10.2 Å². The van der Waals surface area contributed by atoms with Crippen LogP contribution in [0.5, 0.6) is 0 Å². The first-order valence-electron chi connectivity index (χ1n) is 14.3. The SMILES string of the molecule is CCCCCNC(=O)[C@@H](CCC)N1C(=O)[C@H](Cc2ccc(I)cc2)O[C@@H](c2ccc(Cl)cc2)[C@H]1c1ccc(Cl)cc1. The average Bonchev–Trinajstić information content (AvgIpc) is 2.97. The van der Waals surface area contributed by atoms with E-state index in [-0.39, 0.29) is 11.8 Å². The molecule has 0 bridgehead atoms. The lowest BCUT2D eigenvalue weighted by Gasteiger charge is -2.47. The standard InChI is InChI=1S/C33H37Cl2IN2O3/c1-3-5-6-20-37-32(39)28(7-4-2)38-30(23-10-14-25(34)15-11-23)31(24-12-16-26(35)17-13-24)41-29(33(38)40)21-22-8-18-27(36)19-9-22/h8-19,28-31H,3-7,20-21H2,1-2H3,(H,37,39)/t28-,29+,30-,31+/m1/s1. The second-order valence-corrected chi connectivity index (χ2v) is 12.6. The molecule has 1 fully saturated rings. The van der Waals surface area contributed by atoms with Gasteiger partial charge in [-0.25, -0.2) is 0 Å². The monoisotopic (exact) mass is 706 g/mol. The molecule has 218 valence electrons. The summed E-state index contributed by atoms with van der Waals surface area (Å²) in [7, 11) is 0. The molecule has 0 spiro atoms. The molecule has 0 unspecified atom stereocenters. The van der Waals surface area contributed by atoms with Crippen LogP contribution in [0.4, 0.5) is 0 Å². The van der Waals surface area contributed by atoms with Crippen molar-refractivity contribution >= 4 is 57.6 Å². The van der Waals surface area contributed by atoms with Crippen LogP contribution >= 0.6 is 45.8 Å². The van der Waals surface area contributed by atoms with Crippen molar-refractivity contribution < 1.29 is 14.3 Å². The van der Waals surface area contributed by atoms with Crippen molar-refractivity contribution in [1.29, 1.82) is 0 Å². The molecule has 0 aromatic heterocycles. The van der Waals surface area contributed by atoms with Crippen LogP contribution in [-0.4, -0.2) is 35.4 Å². The van der Waals surface area contributed by atoms with E-state index in [0.29, 0.717) is 29.4 Å². The highest BCUT2D eigenvalue weighted by atomic mass is 127. The van der Waals surface area contributed by atoms with E-state index in [0.717, 1.165) is 45.9 Å². The molecule has 0 aliphatic carbocycles. The van der Waals surface area contributed by atoms with Gasteiger partial charge in [-0.1, -0.05) is 92.7 Å². The Morgan fingerprint density at radius 3 is 2.10 bits per heavy atom. The molecule has 1 aliphatic heterocycles. The van der Waals surface area contributed by atoms with Gasteiger partial charge in [0.2, 0.25) is 5.91 Å². The number of ether oxygens (including phenoxy) is 1. The molecule has 1 saturated heterocycles. The van der Waals surface area contributed by atoms with Gasteiger partial charge >= 0.3 is 0 Å². The maximum atomic E-state index is 14.4. The van der Waals surface area contributed by atoms with Crippen LogP contribution < -0.4 is 5.32 Å². The fourth-order valence-corrected chi connectivity index (χ4v) is 5.97. The zero-order chi connectivity index (χ0) is 29.4. The number of hydrogen-bond donors (Lipinski definition) is 1. The average molecular weight is 707 g/mol. The first-order chi connectivity index (χ1) is 19.8. The van der Waals surface area contributed by atoms with E-state index in [9.17, 15) is 9.59 Å². The number of unbranched alkanes of at least 4 members (excludes halogenated alkanes) is 2. The highest BCUT2D eigenvalue weighted by Crippen LogP contribution is 2.44. The number of carbonyl (C=O) groups excluding carboxylic acids is 2. The predicted octanol–water partition coefficient (Wildman–Crippen LogP) is 8.33. The number of hydrogen-bond acceptors (Lipinski definition) is 3. The summed E-state index contributed by atoms with van der Waals surface area (Å²) in [6.45, 7) is 4.76. The quantitative estimate of drug-likeness (QED) is 0.152. The molecule has 4 rings (SSSR count). The summed E-state index contributed by atoms with van der Waals surface area (Å²) >= 11 is 14.8. The van der Waals surface area contributed by atoms with E-state index in [4.69, 9.17) is 27.9 Å². The van der Waals surface area contributed by atoms with Crippen LogP contribution in [0.25, 0.3) is 0 Å². The Hall–Kier alpha value is -2.13. The first kappa shape index (κ1) is 31.8. The van der Waals surface area contributed by atoms with Crippen LogP contribution in [0.3, 0.4) is 0 Å². The lowest BCUT2D eigenvalue weighted by Crippen LogP contribution is -2.59. The molecule has 3 aromatic carbocycles. The van der Waals surface area contributed by atoms with Gasteiger partial charge in [0.1, 0.15) is 18.2 Å². The van der Waals surface area contributed by atoms with Gasteiger partial charge in [-0.15, -0.1) is 0 Å². The molecule has 3 aromatic rings. The van der Waals surface area contributed by atoms with Crippen molar-refractivity contribution in [2.75, 3.05) is 6.54 Å². The Morgan fingerprint density at radius 1 is 0.902 bits per heavy atom. The smallest absolute Gasteiger partial charge is 0.253 e. The second-order valence-electron chi connectivity index (χ2n) is 10.5. The zero-order valence-electron chi connectivity index (χ0n) is 23.5. The number of carbonyl (C=O) groups is 2. The Bertz CT molecular complexity index is 1290. The Kier molecular flexibility index (Phi) is 11.9. The molecular weight excluding hydrogens is 670 g/mol. The third-order valence-corrected chi connectivity index (χ3v) is 8.67. The van der Waals surface area contributed by atoms with E-state index in [2.05, 4.69) is 34.8 Å². The van der Waals surface area contributed by atoms with Crippen LogP contribution in [0.15, 0.2) is 72.8 Å². The zero-order valence-corrected chi connectivity index (χ0v) is 27.2. The van der Waals surface area contributed by atoms with Gasteiger partial charge < -0.3 is 15.0 Å². The van der Waals surface area contributed by atoms with E-state index in [1.165, 1.54) is 0 Å². The van der Waals surface area contributed by atoms with Crippen LogP contribution in [0, 0.1) is 3.57 Å². The van der Waals surface area contributed by atoms with E-state index >= 15 is 0 Å². The number of amides is 2. The second kappa shape index (κ2) is 15.4. The molecule has 8 heteroatoms. The topological polar surface area (TPSA) is 58.6 Å². The molecule has 4 atom stereocenters. The molecule has 1 aliphatic rings. The van der Waals surface area contributed by atoms with Gasteiger partial charge in [0.05, 0.1) is 6.04 Å². The van der Waals surface area contributed by atoms with Crippen molar-refractivity contribution in [2.24, 2.45) is 0 Å². The highest BCUT2D eigenvalue weighted by molar-refractivity contribution is 14.1. The Morgan fingerprint density at radius 2 is 1.51 bits per heavy atom. The third-order valence-electron chi connectivity index (χ3n) is 7.45. The molecule has 5 nitrogen and oxygen atoms in total. The fourth-order valence-electron chi connectivity index (χ4n) is 5.36. The first-order valence-corrected chi connectivity index (χ1v) is 16.2. The molecule has 1 heterocycles. The van der Waals surface area contributed by atoms with Gasteiger partial charge in [-0.3, -0.25) is 9.59 Å². The van der Waals surface area contributed by atoms with Gasteiger partial charge in [0.15, 0.2) is 0 Å². The van der Waals surface area contributed by atoms with E-state index < -0.39 is 24.3 Å². The van der Waals surface area contributed by atoms with Crippen LogP contribution in [0.2, 0.25) is 10.0 Å². The highest BCUT2D eigenvalue weighted by Gasteiger charge is 2.48. The van der Waals surface area contributed by atoms with Gasteiger partial charge in [-0.05, 0) is 88.5 Å². The maximum Gasteiger partial charge on any atom is 0.253 e. The summed E-state index contributed by atoms with van der Waals surface area (Å²) in [5.74, 6) is -0.309.